The van der Waals surface area contributed by atoms with Gasteiger partial charge >= 0.3 is 0 Å². The molecule has 114 valence electrons. The molecule has 0 atom stereocenters. The Kier molecular flexibility index (Phi) is 6.64. The molecule has 1 aliphatic rings. The molecule has 1 aromatic carbocycles. The van der Waals surface area contributed by atoms with E-state index in [1.807, 2.05) is 30.3 Å². The third kappa shape index (κ3) is 5.33. The summed E-state index contributed by atoms with van der Waals surface area (Å²) in [6.07, 6.45) is 16.3. The molecule has 2 nitrogen and oxygen atoms in total. The van der Waals surface area contributed by atoms with Gasteiger partial charge in [0.1, 0.15) is 6.29 Å². The molecule has 0 saturated heterocycles. The lowest BCUT2D eigenvalue weighted by Gasteiger charge is -2.26. The molecule has 0 unspecified atom stereocenters. The van der Waals surface area contributed by atoms with Crippen LogP contribution >= 0.6 is 0 Å². The van der Waals surface area contributed by atoms with E-state index < -0.39 is 0 Å². The van der Waals surface area contributed by atoms with Crippen LogP contribution in [0, 0.1) is 23.2 Å². The summed E-state index contributed by atoms with van der Waals surface area (Å²) in [5.41, 5.74) is 1.88. The van der Waals surface area contributed by atoms with E-state index in [1.165, 1.54) is 37.7 Å². The van der Waals surface area contributed by atoms with Gasteiger partial charge in [-0.15, -0.1) is 0 Å². The van der Waals surface area contributed by atoms with Crippen molar-refractivity contribution in [1.29, 1.82) is 5.26 Å². The van der Waals surface area contributed by atoms with Crippen molar-refractivity contribution in [2.45, 2.75) is 38.5 Å². The van der Waals surface area contributed by atoms with E-state index in [0.29, 0.717) is 11.5 Å². The number of nitrogens with zero attached hydrogens (tertiary/aromatic N) is 1. The molecule has 0 aliphatic heterocycles. The summed E-state index contributed by atoms with van der Waals surface area (Å²) in [7, 11) is 0. The van der Waals surface area contributed by atoms with Crippen molar-refractivity contribution in [3.05, 3.63) is 53.6 Å². The highest BCUT2D eigenvalue weighted by atomic mass is 16.1. The van der Waals surface area contributed by atoms with Crippen molar-refractivity contribution in [3.8, 4) is 6.07 Å². The molecule has 2 rings (SSSR count). The number of allylic oxidation sites excluding steroid dienone is 3. The number of hydrogen-bond donors (Lipinski definition) is 0. The zero-order chi connectivity index (χ0) is 15.6. The Morgan fingerprint density at radius 3 is 2.50 bits per heavy atom. The number of rotatable bonds is 6. The lowest BCUT2D eigenvalue weighted by atomic mass is 9.80. The average molecular weight is 293 g/mol. The number of aldehydes is 1. The minimum absolute atomic E-state index is 0.678. The van der Waals surface area contributed by atoms with Crippen LogP contribution in [0.1, 0.15) is 49.7 Å². The van der Waals surface area contributed by atoms with Gasteiger partial charge < -0.3 is 0 Å². The molecule has 1 saturated carbocycles. The minimum Gasteiger partial charge on any atom is -0.299 e. The Morgan fingerprint density at radius 2 is 1.86 bits per heavy atom. The topological polar surface area (TPSA) is 40.9 Å². The highest BCUT2D eigenvalue weighted by molar-refractivity contribution is 5.64. The van der Waals surface area contributed by atoms with Crippen LogP contribution in [0.3, 0.4) is 0 Å². The van der Waals surface area contributed by atoms with Gasteiger partial charge in [0.15, 0.2) is 0 Å². The Hall–Kier alpha value is -2.14. The monoisotopic (exact) mass is 293 g/mol. The van der Waals surface area contributed by atoms with Crippen molar-refractivity contribution < 1.29 is 4.79 Å². The van der Waals surface area contributed by atoms with Crippen molar-refractivity contribution in [1.82, 2.24) is 0 Å². The maximum Gasteiger partial charge on any atom is 0.142 e. The predicted octanol–water partition coefficient (Wildman–Crippen LogP) is 4.91. The molecule has 0 amide bonds. The summed E-state index contributed by atoms with van der Waals surface area (Å²) < 4.78 is 0. The van der Waals surface area contributed by atoms with Crippen LogP contribution in [0.25, 0.3) is 6.08 Å². The van der Waals surface area contributed by atoms with Gasteiger partial charge in [-0.05, 0) is 74.1 Å². The fraction of sp³-hybridized carbons (Fsp3) is 0.400. The third-order valence-electron chi connectivity index (χ3n) is 4.45. The van der Waals surface area contributed by atoms with E-state index in [0.717, 1.165) is 18.6 Å². The van der Waals surface area contributed by atoms with Gasteiger partial charge in [-0.25, -0.2) is 0 Å². The molecule has 0 bridgehead atoms. The van der Waals surface area contributed by atoms with E-state index in [2.05, 4.69) is 18.2 Å². The number of benzene rings is 1. The quantitative estimate of drug-likeness (QED) is 0.552. The van der Waals surface area contributed by atoms with Gasteiger partial charge in [-0.1, -0.05) is 30.4 Å². The molecule has 2 heteroatoms. The molecule has 0 radical (unpaired) electrons. The van der Waals surface area contributed by atoms with Crippen molar-refractivity contribution in [2.24, 2.45) is 11.8 Å². The van der Waals surface area contributed by atoms with Crippen LogP contribution < -0.4 is 0 Å². The second-order valence-electron chi connectivity index (χ2n) is 6.02. The first-order valence-electron chi connectivity index (χ1n) is 8.10. The van der Waals surface area contributed by atoms with Gasteiger partial charge in [-0.2, -0.15) is 5.26 Å². The fourth-order valence-electron chi connectivity index (χ4n) is 3.07. The summed E-state index contributed by atoms with van der Waals surface area (Å²) in [4.78, 5) is 10.2. The van der Waals surface area contributed by atoms with E-state index in [-0.39, 0.29) is 0 Å². The molecule has 0 aromatic heterocycles. The molecule has 22 heavy (non-hydrogen) atoms. The summed E-state index contributed by atoms with van der Waals surface area (Å²) in [6.45, 7) is 0. The van der Waals surface area contributed by atoms with E-state index >= 15 is 0 Å². The first-order chi connectivity index (χ1) is 10.8. The zero-order valence-electron chi connectivity index (χ0n) is 12.9. The molecule has 1 aliphatic carbocycles. The van der Waals surface area contributed by atoms with Crippen molar-refractivity contribution in [2.75, 3.05) is 0 Å². The summed E-state index contributed by atoms with van der Waals surface area (Å²) in [5, 5.41) is 8.79. The first-order valence-corrected chi connectivity index (χ1v) is 8.10. The van der Waals surface area contributed by atoms with Crippen LogP contribution in [0.5, 0.6) is 0 Å². The zero-order valence-corrected chi connectivity index (χ0v) is 12.9. The summed E-state index contributed by atoms with van der Waals surface area (Å²) >= 11 is 0. The summed E-state index contributed by atoms with van der Waals surface area (Å²) in [6, 6.07) is 9.87. The van der Waals surface area contributed by atoms with Gasteiger partial charge in [-0.3, -0.25) is 4.79 Å². The normalized spacial score (nSPS) is 22.0. The van der Waals surface area contributed by atoms with Gasteiger partial charge in [0, 0.05) is 0 Å². The Balaban J connectivity index is 1.74. The molecule has 0 heterocycles. The van der Waals surface area contributed by atoms with Crippen LogP contribution in [0.4, 0.5) is 0 Å². The van der Waals surface area contributed by atoms with Crippen molar-refractivity contribution in [3.63, 3.8) is 0 Å². The third-order valence-corrected chi connectivity index (χ3v) is 4.45. The second-order valence-corrected chi connectivity index (χ2v) is 6.02. The maximum atomic E-state index is 10.2. The van der Waals surface area contributed by atoms with Crippen LogP contribution in [0.2, 0.25) is 0 Å². The van der Waals surface area contributed by atoms with Gasteiger partial charge in [0.25, 0.3) is 0 Å². The fourth-order valence-corrected chi connectivity index (χ4v) is 3.07. The van der Waals surface area contributed by atoms with Crippen LogP contribution in [-0.4, -0.2) is 6.29 Å². The van der Waals surface area contributed by atoms with Crippen molar-refractivity contribution >= 4 is 12.4 Å². The Bertz CT molecular complexity index is 554. The molecule has 1 aromatic rings. The number of hydrogen-bond acceptors (Lipinski definition) is 2. The molecule has 0 spiro atoms. The average Bonchev–Trinajstić information content (AvgIpc) is 2.58. The number of nitriles is 1. The Labute approximate surface area is 133 Å². The predicted molar refractivity (Wildman–Crippen MR) is 90.1 cm³/mol. The van der Waals surface area contributed by atoms with Crippen LogP contribution in [0.15, 0.2) is 42.5 Å². The highest BCUT2D eigenvalue weighted by Gasteiger charge is 2.18. The van der Waals surface area contributed by atoms with Gasteiger partial charge in [0.2, 0.25) is 0 Å². The highest BCUT2D eigenvalue weighted by Crippen LogP contribution is 2.32. The maximum absolute atomic E-state index is 10.2. The lowest BCUT2D eigenvalue weighted by Crippen LogP contribution is -2.12. The molecule has 0 N–H and O–H groups in total. The van der Waals surface area contributed by atoms with E-state index in [9.17, 15) is 4.79 Å². The van der Waals surface area contributed by atoms with E-state index in [1.54, 1.807) is 6.08 Å². The second kappa shape index (κ2) is 9.00. The first kappa shape index (κ1) is 16.2. The van der Waals surface area contributed by atoms with Gasteiger partial charge in [0.05, 0.1) is 11.6 Å². The van der Waals surface area contributed by atoms with Crippen LogP contribution in [-0.2, 0) is 4.79 Å². The lowest BCUT2D eigenvalue weighted by molar-refractivity contribution is -0.104. The summed E-state index contributed by atoms with van der Waals surface area (Å²) in [5.74, 6) is 1.49. The van der Waals surface area contributed by atoms with E-state index in [4.69, 9.17) is 5.26 Å². The molecule has 1 fully saturated rings. The molecular weight excluding hydrogens is 270 g/mol. The smallest absolute Gasteiger partial charge is 0.142 e. The Morgan fingerprint density at radius 1 is 1.14 bits per heavy atom. The largest absolute Gasteiger partial charge is 0.299 e. The number of carbonyl (C=O) groups is 1. The standard InChI is InChI=1S/C20H23NO/c21-16-20-13-11-19(12-14-20)10-9-18-7-5-17(6-8-18)4-2-1-3-15-22/h1,3,9-15,17-18H,2,4-8H2. The molecular formula is C20H23NO. The SMILES string of the molecule is N#Cc1ccc(C=CC2CCC(CCC=CC=O)CC2)cc1. The number of carbonyl (C=O) groups excluding carboxylic acids is 1. The minimum atomic E-state index is 0.678.